The number of esters is 1. The zero-order valence-electron chi connectivity index (χ0n) is 12.4. The summed E-state index contributed by atoms with van der Waals surface area (Å²) >= 11 is 0. The Labute approximate surface area is 123 Å². The largest absolute Gasteiger partial charge is 0.465 e. The van der Waals surface area contributed by atoms with Crippen molar-refractivity contribution >= 4 is 11.5 Å². The lowest BCUT2D eigenvalue weighted by molar-refractivity contribution is 0.0564. The Kier molecular flexibility index (Phi) is 3.68. The van der Waals surface area contributed by atoms with E-state index in [0.717, 1.165) is 30.5 Å². The van der Waals surface area contributed by atoms with Crippen LogP contribution >= 0.6 is 0 Å². The van der Waals surface area contributed by atoms with Gasteiger partial charge in [-0.25, -0.2) is 4.79 Å². The lowest BCUT2D eigenvalue weighted by Crippen LogP contribution is -2.32. The molecule has 1 aliphatic carbocycles. The third-order valence-corrected chi connectivity index (χ3v) is 4.28. The number of nitrogens with zero attached hydrogens (tertiary/aromatic N) is 1. The van der Waals surface area contributed by atoms with Gasteiger partial charge in [0, 0.05) is 17.8 Å². The fraction of sp³-hybridized carbons (Fsp3) is 0.500. The Morgan fingerprint density at radius 2 is 2.24 bits per heavy atom. The summed E-state index contributed by atoms with van der Waals surface area (Å²) in [7, 11) is 1.30. The summed E-state index contributed by atoms with van der Waals surface area (Å²) in [5.41, 5.74) is 3.22. The van der Waals surface area contributed by atoms with Crippen molar-refractivity contribution in [1.82, 2.24) is 4.57 Å². The number of carbonyl (C=O) groups is 1. The van der Waals surface area contributed by atoms with Gasteiger partial charge in [0.1, 0.15) is 5.56 Å². The van der Waals surface area contributed by atoms with Gasteiger partial charge in [-0.3, -0.25) is 4.79 Å². The SMILES string of the molecule is COC(=O)c1c2n(c(C)c(C3=CCCC3)c1=O)CCOC2. The number of methoxy groups -OCH3 is 1. The summed E-state index contributed by atoms with van der Waals surface area (Å²) in [6, 6.07) is 0. The Hall–Kier alpha value is -1.88. The van der Waals surface area contributed by atoms with E-state index < -0.39 is 5.97 Å². The summed E-state index contributed by atoms with van der Waals surface area (Å²) in [5, 5.41) is 0. The normalized spacial score (nSPS) is 17.3. The van der Waals surface area contributed by atoms with Gasteiger partial charge in [-0.1, -0.05) is 6.08 Å². The van der Waals surface area contributed by atoms with Gasteiger partial charge in [0.25, 0.3) is 0 Å². The number of aromatic nitrogens is 1. The first-order valence-electron chi connectivity index (χ1n) is 7.27. The molecule has 0 N–H and O–H groups in total. The second kappa shape index (κ2) is 5.48. The monoisotopic (exact) mass is 289 g/mol. The highest BCUT2D eigenvalue weighted by molar-refractivity contribution is 5.92. The molecule has 0 fully saturated rings. The second-order valence-electron chi connectivity index (χ2n) is 5.43. The van der Waals surface area contributed by atoms with Crippen molar-refractivity contribution in [2.24, 2.45) is 0 Å². The van der Waals surface area contributed by atoms with Crippen LogP contribution < -0.4 is 5.43 Å². The lowest BCUT2D eigenvalue weighted by atomic mass is 9.98. The van der Waals surface area contributed by atoms with Crippen molar-refractivity contribution in [2.45, 2.75) is 39.3 Å². The van der Waals surface area contributed by atoms with Crippen molar-refractivity contribution < 1.29 is 14.3 Å². The van der Waals surface area contributed by atoms with Gasteiger partial charge >= 0.3 is 5.97 Å². The molecule has 21 heavy (non-hydrogen) atoms. The molecule has 1 aromatic heterocycles. The molecule has 0 amide bonds. The lowest BCUT2D eigenvalue weighted by Gasteiger charge is -2.26. The fourth-order valence-electron chi connectivity index (χ4n) is 3.26. The number of fused-ring (bicyclic) bond motifs is 1. The number of carbonyl (C=O) groups excluding carboxylic acids is 1. The highest BCUT2D eigenvalue weighted by atomic mass is 16.5. The van der Waals surface area contributed by atoms with Crippen LogP contribution in [0.5, 0.6) is 0 Å². The van der Waals surface area contributed by atoms with Crippen molar-refractivity contribution in [3.63, 3.8) is 0 Å². The minimum absolute atomic E-state index is 0.130. The molecular weight excluding hydrogens is 270 g/mol. The van der Waals surface area contributed by atoms with Crippen LogP contribution in [0.25, 0.3) is 5.57 Å². The molecule has 0 aromatic carbocycles. The van der Waals surface area contributed by atoms with Gasteiger partial charge in [-0.05, 0) is 31.8 Å². The molecule has 112 valence electrons. The van der Waals surface area contributed by atoms with E-state index in [1.165, 1.54) is 7.11 Å². The molecule has 5 nitrogen and oxygen atoms in total. The van der Waals surface area contributed by atoms with Crippen LogP contribution in [0.1, 0.15) is 46.6 Å². The summed E-state index contributed by atoms with van der Waals surface area (Å²) in [5.74, 6) is -0.575. The van der Waals surface area contributed by atoms with Gasteiger partial charge in [0.05, 0.1) is 26.0 Å². The summed E-state index contributed by atoms with van der Waals surface area (Å²) in [4.78, 5) is 24.9. The highest BCUT2D eigenvalue weighted by Crippen LogP contribution is 2.29. The molecule has 0 bridgehead atoms. The Morgan fingerprint density at radius 1 is 1.43 bits per heavy atom. The maximum absolute atomic E-state index is 12.8. The Balaban J connectivity index is 2.31. The van der Waals surface area contributed by atoms with Gasteiger partial charge in [0.15, 0.2) is 0 Å². The maximum Gasteiger partial charge on any atom is 0.343 e. The molecule has 0 saturated heterocycles. The van der Waals surface area contributed by atoms with E-state index in [4.69, 9.17) is 9.47 Å². The molecule has 5 heteroatoms. The van der Waals surface area contributed by atoms with Crippen molar-refractivity contribution in [1.29, 1.82) is 0 Å². The average molecular weight is 289 g/mol. The van der Waals surface area contributed by atoms with Gasteiger partial charge in [0.2, 0.25) is 5.43 Å². The highest BCUT2D eigenvalue weighted by Gasteiger charge is 2.28. The second-order valence-corrected chi connectivity index (χ2v) is 5.43. The first kappa shape index (κ1) is 14.1. The number of ether oxygens (including phenoxy) is 2. The number of hydrogen-bond donors (Lipinski definition) is 0. The number of pyridine rings is 1. The molecule has 2 aliphatic rings. The summed E-state index contributed by atoms with van der Waals surface area (Å²) in [6.45, 7) is 3.48. The minimum atomic E-state index is -0.575. The van der Waals surface area contributed by atoms with Crippen LogP contribution in [0.3, 0.4) is 0 Å². The molecular formula is C16H19NO4. The Bertz CT molecular complexity index is 684. The van der Waals surface area contributed by atoms with Crippen LogP contribution in [0.15, 0.2) is 10.9 Å². The average Bonchev–Trinajstić information content (AvgIpc) is 3.01. The number of allylic oxidation sites excluding steroid dienone is 2. The molecule has 0 atom stereocenters. The van der Waals surface area contributed by atoms with Crippen molar-refractivity contribution in [3.05, 3.63) is 38.8 Å². The zero-order valence-corrected chi connectivity index (χ0v) is 12.4. The molecule has 0 saturated carbocycles. The van der Waals surface area contributed by atoms with Gasteiger partial charge in [-0.15, -0.1) is 0 Å². The number of hydrogen-bond acceptors (Lipinski definition) is 4. The van der Waals surface area contributed by atoms with E-state index in [-0.39, 0.29) is 17.6 Å². The van der Waals surface area contributed by atoms with E-state index in [1.807, 2.05) is 11.5 Å². The predicted octanol–water partition coefficient (Wildman–Crippen LogP) is 2.04. The van der Waals surface area contributed by atoms with Gasteiger partial charge in [-0.2, -0.15) is 0 Å². The zero-order chi connectivity index (χ0) is 15.0. The molecule has 1 aliphatic heterocycles. The molecule has 0 radical (unpaired) electrons. The fourth-order valence-corrected chi connectivity index (χ4v) is 3.26. The van der Waals surface area contributed by atoms with Crippen LogP contribution in [-0.2, 0) is 22.6 Å². The third-order valence-electron chi connectivity index (χ3n) is 4.28. The topological polar surface area (TPSA) is 57.5 Å². The number of rotatable bonds is 2. The van der Waals surface area contributed by atoms with Crippen LogP contribution in [0, 0.1) is 6.92 Å². The molecule has 0 spiro atoms. The quantitative estimate of drug-likeness (QED) is 0.782. The predicted molar refractivity (Wildman–Crippen MR) is 78.3 cm³/mol. The van der Waals surface area contributed by atoms with Crippen molar-refractivity contribution in [2.75, 3.05) is 13.7 Å². The Morgan fingerprint density at radius 3 is 2.90 bits per heavy atom. The van der Waals surface area contributed by atoms with Crippen LogP contribution in [0.2, 0.25) is 0 Å². The first-order chi connectivity index (χ1) is 10.1. The minimum Gasteiger partial charge on any atom is -0.465 e. The molecule has 0 unspecified atom stereocenters. The van der Waals surface area contributed by atoms with Crippen LogP contribution in [-0.4, -0.2) is 24.3 Å². The molecule has 3 rings (SSSR count). The molecule has 2 heterocycles. The van der Waals surface area contributed by atoms with E-state index in [1.54, 1.807) is 0 Å². The van der Waals surface area contributed by atoms with Gasteiger partial charge < -0.3 is 14.0 Å². The van der Waals surface area contributed by atoms with E-state index in [0.29, 0.717) is 24.4 Å². The van der Waals surface area contributed by atoms with Crippen molar-refractivity contribution in [3.8, 4) is 0 Å². The van der Waals surface area contributed by atoms with E-state index in [9.17, 15) is 9.59 Å². The maximum atomic E-state index is 12.8. The third kappa shape index (κ3) is 2.21. The standard InChI is InChI=1S/C16H19NO4/c1-10-13(11-5-3-4-6-11)15(18)14(16(19)20-2)12-9-21-8-7-17(10)12/h5H,3-4,6-9H2,1-2H3. The summed E-state index contributed by atoms with van der Waals surface area (Å²) in [6.07, 6.45) is 5.06. The smallest absolute Gasteiger partial charge is 0.343 e. The van der Waals surface area contributed by atoms with E-state index >= 15 is 0 Å². The first-order valence-corrected chi connectivity index (χ1v) is 7.27. The summed E-state index contributed by atoms with van der Waals surface area (Å²) < 4.78 is 12.3. The van der Waals surface area contributed by atoms with Crippen LogP contribution in [0.4, 0.5) is 0 Å². The molecule has 1 aromatic rings. The van der Waals surface area contributed by atoms with E-state index in [2.05, 4.69) is 6.08 Å².